The van der Waals surface area contributed by atoms with Crippen LogP contribution in [0.5, 0.6) is 0 Å². The van der Waals surface area contributed by atoms with Crippen LogP contribution in [-0.4, -0.2) is 9.97 Å². The molecule has 4 heteroatoms. The molecule has 3 heterocycles. The van der Waals surface area contributed by atoms with E-state index >= 15 is 0 Å². The third-order valence-corrected chi connectivity index (χ3v) is 8.32. The number of pyridine rings is 1. The summed E-state index contributed by atoms with van der Waals surface area (Å²) in [6, 6.07) is 49.7. The summed E-state index contributed by atoms with van der Waals surface area (Å²) in [7, 11) is 0. The summed E-state index contributed by atoms with van der Waals surface area (Å²) in [6.45, 7) is 0. The van der Waals surface area contributed by atoms with Gasteiger partial charge in [-0.1, -0.05) is 109 Å². The van der Waals surface area contributed by atoms with Crippen molar-refractivity contribution >= 4 is 43.7 Å². The summed E-state index contributed by atoms with van der Waals surface area (Å²) >= 11 is 0. The number of rotatable bonds is 4. The molecule has 0 fully saturated rings. The molecule has 0 spiro atoms. The molecule has 0 saturated heterocycles. The molecule has 0 unspecified atom stereocenters. The molecule has 9 rings (SSSR count). The van der Waals surface area contributed by atoms with Gasteiger partial charge in [-0.3, -0.25) is 0 Å². The number of nitrogens with zero attached hydrogens (tertiary/aromatic N) is 2. The van der Waals surface area contributed by atoms with Crippen LogP contribution in [0.4, 0.5) is 0 Å². The molecule has 0 aliphatic rings. The molecule has 0 saturated carbocycles. The molecule has 4 nitrogen and oxygen atoms in total. The van der Waals surface area contributed by atoms with Gasteiger partial charge in [-0.2, -0.15) is 0 Å². The number of fused-ring (bicyclic) bond motifs is 5. The quantitative estimate of drug-likeness (QED) is 0.213. The normalized spacial score (nSPS) is 11.6. The van der Waals surface area contributed by atoms with Gasteiger partial charge >= 0.3 is 0 Å². The second-order valence-electron chi connectivity index (χ2n) is 10.9. The number of furan rings is 1. The predicted octanol–water partition coefficient (Wildman–Crippen LogP) is 10.9. The molecule has 0 radical (unpaired) electrons. The summed E-state index contributed by atoms with van der Waals surface area (Å²) in [5, 5.41) is 4.32. The van der Waals surface area contributed by atoms with Crippen molar-refractivity contribution in [3.63, 3.8) is 0 Å². The third kappa shape index (κ3) is 3.85. The lowest BCUT2D eigenvalue weighted by molar-refractivity contribution is 0.619. The van der Waals surface area contributed by atoms with Gasteiger partial charge in [-0.15, -0.1) is 0 Å². The van der Waals surface area contributed by atoms with Crippen LogP contribution in [0, 0.1) is 0 Å². The second-order valence-corrected chi connectivity index (χ2v) is 10.9. The van der Waals surface area contributed by atoms with Crippen LogP contribution >= 0.6 is 0 Å². The van der Waals surface area contributed by atoms with E-state index in [-0.39, 0.29) is 0 Å². The molecule has 0 aliphatic carbocycles. The number of aromatic nitrogens is 2. The molecule has 9 aromatic rings. The molecule has 0 aliphatic heterocycles. The van der Waals surface area contributed by atoms with Crippen LogP contribution in [-0.2, 0) is 0 Å². The van der Waals surface area contributed by atoms with Gasteiger partial charge in [0, 0.05) is 27.6 Å². The van der Waals surface area contributed by atoms with Crippen molar-refractivity contribution in [2.24, 2.45) is 0 Å². The Balaban J connectivity index is 1.35. The first-order valence-corrected chi connectivity index (χ1v) is 14.7. The highest BCUT2D eigenvalue weighted by molar-refractivity contribution is 6.19. The number of oxazole rings is 1. The topological polar surface area (TPSA) is 52.1 Å². The summed E-state index contributed by atoms with van der Waals surface area (Å²) in [6.07, 6.45) is 0. The van der Waals surface area contributed by atoms with Crippen molar-refractivity contribution in [1.82, 2.24) is 9.97 Å². The fourth-order valence-electron chi connectivity index (χ4n) is 6.25. The fourth-order valence-corrected chi connectivity index (χ4v) is 6.25. The highest BCUT2D eigenvalue weighted by Crippen LogP contribution is 2.48. The standard InChI is InChI=1S/C40H24N2O2/c1-2-12-26(13-3-1)37-36-35(30-17-10-14-25-11-4-5-15-29(25)30)38(44-39(36)31-16-6-7-18-32(31)41-37)27-21-23-28(24-22-27)40-42-33-19-8-9-20-34(33)43-40/h1-24H. The molecule has 6 aromatic carbocycles. The average Bonchev–Trinajstić information content (AvgIpc) is 3.71. The van der Waals surface area contributed by atoms with E-state index in [2.05, 4.69) is 103 Å². The molecule has 0 atom stereocenters. The first kappa shape index (κ1) is 24.6. The molecular formula is C40H24N2O2. The van der Waals surface area contributed by atoms with Crippen molar-refractivity contribution in [2.45, 2.75) is 0 Å². The maximum atomic E-state index is 6.98. The SMILES string of the molecule is c1ccc(-c2nc3ccccc3c3oc(-c4ccc(-c5nc6ccccc6o5)cc4)c(-c4cccc5ccccc45)c23)cc1. The largest absolute Gasteiger partial charge is 0.455 e. The summed E-state index contributed by atoms with van der Waals surface area (Å²) in [5.74, 6) is 1.40. The number of benzene rings is 6. The van der Waals surface area contributed by atoms with Crippen molar-refractivity contribution in [1.29, 1.82) is 0 Å². The van der Waals surface area contributed by atoms with E-state index in [9.17, 15) is 0 Å². The Morgan fingerprint density at radius 3 is 1.98 bits per heavy atom. The Morgan fingerprint density at radius 1 is 0.455 bits per heavy atom. The van der Waals surface area contributed by atoms with Crippen molar-refractivity contribution < 1.29 is 8.83 Å². The average molecular weight is 565 g/mol. The van der Waals surface area contributed by atoms with Gasteiger partial charge in [0.25, 0.3) is 0 Å². The lowest BCUT2D eigenvalue weighted by atomic mass is 9.91. The number of hydrogen-bond donors (Lipinski definition) is 0. The van der Waals surface area contributed by atoms with Gasteiger partial charge in [0.1, 0.15) is 16.9 Å². The van der Waals surface area contributed by atoms with E-state index in [1.807, 2.05) is 42.5 Å². The van der Waals surface area contributed by atoms with Crippen LogP contribution in [0.25, 0.3) is 88.9 Å². The fraction of sp³-hybridized carbons (Fsp3) is 0. The molecule has 206 valence electrons. The zero-order valence-corrected chi connectivity index (χ0v) is 23.6. The minimum Gasteiger partial charge on any atom is -0.455 e. The zero-order chi connectivity index (χ0) is 29.0. The predicted molar refractivity (Wildman–Crippen MR) is 178 cm³/mol. The minimum absolute atomic E-state index is 0.596. The van der Waals surface area contributed by atoms with E-state index in [0.717, 1.165) is 77.6 Å². The molecule has 44 heavy (non-hydrogen) atoms. The third-order valence-electron chi connectivity index (χ3n) is 8.32. The molecule has 0 amide bonds. The van der Waals surface area contributed by atoms with Crippen LogP contribution in [0.1, 0.15) is 0 Å². The van der Waals surface area contributed by atoms with E-state index in [1.54, 1.807) is 0 Å². The monoisotopic (exact) mass is 564 g/mol. The summed E-state index contributed by atoms with van der Waals surface area (Å²) < 4.78 is 13.0. The Kier molecular flexibility index (Phi) is 5.47. The van der Waals surface area contributed by atoms with Crippen LogP contribution in [0.2, 0.25) is 0 Å². The minimum atomic E-state index is 0.596. The van der Waals surface area contributed by atoms with Gasteiger partial charge < -0.3 is 8.83 Å². The summed E-state index contributed by atoms with van der Waals surface area (Å²) in [4.78, 5) is 9.94. The first-order valence-electron chi connectivity index (χ1n) is 14.7. The molecule has 3 aromatic heterocycles. The molecule has 0 N–H and O–H groups in total. The van der Waals surface area contributed by atoms with Crippen LogP contribution in [0.15, 0.2) is 154 Å². The van der Waals surface area contributed by atoms with Gasteiger partial charge in [0.05, 0.1) is 16.6 Å². The molecular weight excluding hydrogens is 540 g/mol. The molecule has 0 bridgehead atoms. The highest BCUT2D eigenvalue weighted by atomic mass is 16.3. The van der Waals surface area contributed by atoms with Crippen molar-refractivity contribution in [3.05, 3.63) is 146 Å². The van der Waals surface area contributed by atoms with Crippen LogP contribution < -0.4 is 0 Å². The highest BCUT2D eigenvalue weighted by Gasteiger charge is 2.25. The Labute approximate surface area is 252 Å². The first-order chi connectivity index (χ1) is 21.8. The van der Waals surface area contributed by atoms with E-state index in [0.29, 0.717) is 5.89 Å². The summed E-state index contributed by atoms with van der Waals surface area (Å²) in [5.41, 5.74) is 9.30. The Morgan fingerprint density at radius 2 is 1.14 bits per heavy atom. The smallest absolute Gasteiger partial charge is 0.227 e. The van der Waals surface area contributed by atoms with E-state index < -0.39 is 0 Å². The maximum absolute atomic E-state index is 6.98. The zero-order valence-electron chi connectivity index (χ0n) is 23.6. The Bertz CT molecular complexity index is 2450. The van der Waals surface area contributed by atoms with Gasteiger partial charge in [-0.05, 0) is 52.7 Å². The van der Waals surface area contributed by atoms with E-state index in [4.69, 9.17) is 18.8 Å². The second kappa shape index (κ2) is 9.79. The van der Waals surface area contributed by atoms with Gasteiger partial charge in [0.15, 0.2) is 5.58 Å². The number of para-hydroxylation sites is 3. The van der Waals surface area contributed by atoms with Gasteiger partial charge in [0.2, 0.25) is 5.89 Å². The van der Waals surface area contributed by atoms with Gasteiger partial charge in [-0.25, -0.2) is 9.97 Å². The van der Waals surface area contributed by atoms with E-state index in [1.165, 1.54) is 5.39 Å². The lowest BCUT2D eigenvalue weighted by Gasteiger charge is -2.11. The number of hydrogen-bond acceptors (Lipinski definition) is 4. The van der Waals surface area contributed by atoms with Crippen molar-refractivity contribution in [3.8, 4) is 45.2 Å². The lowest BCUT2D eigenvalue weighted by Crippen LogP contribution is -1.90. The maximum Gasteiger partial charge on any atom is 0.227 e. The van der Waals surface area contributed by atoms with Crippen molar-refractivity contribution in [2.75, 3.05) is 0 Å². The van der Waals surface area contributed by atoms with Crippen LogP contribution in [0.3, 0.4) is 0 Å². The Hall–Kier alpha value is -6.00.